The van der Waals surface area contributed by atoms with Crippen LogP contribution in [0.4, 0.5) is 0 Å². The first kappa shape index (κ1) is 14.2. The molecule has 2 aromatic heterocycles. The van der Waals surface area contributed by atoms with Crippen molar-refractivity contribution in [2.75, 3.05) is 0 Å². The quantitative estimate of drug-likeness (QED) is 0.665. The van der Waals surface area contributed by atoms with Gasteiger partial charge in [0, 0.05) is 36.0 Å². The van der Waals surface area contributed by atoms with Crippen LogP contribution in [0, 0.1) is 6.92 Å². The SMILES string of the molecule is Cc1c(-c2nc3c(n2C)CCC3)cccc1-c1cccc[n+]1C. The fraction of sp³-hybridized carbons (Fsp3) is 0.300. The van der Waals surface area contributed by atoms with Gasteiger partial charge in [-0.05, 0) is 43.9 Å². The predicted octanol–water partition coefficient (Wildman–Crippen LogP) is 3.38. The minimum absolute atomic E-state index is 1.10. The van der Waals surface area contributed by atoms with E-state index in [2.05, 4.69) is 72.7 Å². The molecule has 0 bridgehead atoms. The standard InChI is InChI=1S/C20H22N3/c1-14-15(18-11-4-5-13-22(18)2)8-6-9-16(14)20-21-17-10-7-12-19(17)23(20)3/h4-6,8-9,11,13H,7,10,12H2,1-3H3/q+1. The van der Waals surface area contributed by atoms with Gasteiger partial charge in [-0.1, -0.05) is 12.1 Å². The predicted molar refractivity (Wildman–Crippen MR) is 92.0 cm³/mol. The number of aryl methyl sites for hydroxylation is 2. The fourth-order valence-corrected chi connectivity index (χ4v) is 3.72. The van der Waals surface area contributed by atoms with Gasteiger partial charge in [0.2, 0.25) is 5.69 Å². The van der Waals surface area contributed by atoms with Crippen molar-refractivity contribution in [2.45, 2.75) is 26.2 Å². The van der Waals surface area contributed by atoms with Crippen LogP contribution in [0.3, 0.4) is 0 Å². The maximum Gasteiger partial charge on any atom is 0.212 e. The van der Waals surface area contributed by atoms with Crippen LogP contribution >= 0.6 is 0 Å². The monoisotopic (exact) mass is 304 g/mol. The van der Waals surface area contributed by atoms with E-state index < -0.39 is 0 Å². The summed E-state index contributed by atoms with van der Waals surface area (Å²) >= 11 is 0. The largest absolute Gasteiger partial charge is 0.331 e. The third-order valence-corrected chi connectivity index (χ3v) is 5.03. The Kier molecular flexibility index (Phi) is 3.29. The second kappa shape index (κ2) is 5.34. The molecule has 2 heterocycles. The maximum absolute atomic E-state index is 4.93. The molecule has 23 heavy (non-hydrogen) atoms. The van der Waals surface area contributed by atoms with Gasteiger partial charge < -0.3 is 4.57 Å². The highest BCUT2D eigenvalue weighted by molar-refractivity contribution is 5.73. The minimum atomic E-state index is 1.10. The minimum Gasteiger partial charge on any atom is -0.331 e. The molecule has 1 aliphatic rings. The normalized spacial score (nSPS) is 13.3. The summed E-state index contributed by atoms with van der Waals surface area (Å²) < 4.78 is 4.46. The molecule has 0 atom stereocenters. The van der Waals surface area contributed by atoms with Crippen LogP contribution in [0.1, 0.15) is 23.4 Å². The lowest BCUT2D eigenvalue weighted by Gasteiger charge is -2.11. The molecule has 0 saturated heterocycles. The van der Waals surface area contributed by atoms with Gasteiger partial charge in [-0.25, -0.2) is 9.55 Å². The molecule has 3 aromatic rings. The van der Waals surface area contributed by atoms with Crippen molar-refractivity contribution in [1.29, 1.82) is 0 Å². The van der Waals surface area contributed by atoms with E-state index in [1.54, 1.807) is 0 Å². The van der Waals surface area contributed by atoms with Crippen LogP contribution in [0.25, 0.3) is 22.6 Å². The molecule has 0 N–H and O–H groups in total. The molecule has 3 heteroatoms. The zero-order chi connectivity index (χ0) is 16.0. The topological polar surface area (TPSA) is 21.7 Å². The van der Waals surface area contributed by atoms with Gasteiger partial charge in [-0.2, -0.15) is 0 Å². The second-order valence-corrected chi connectivity index (χ2v) is 6.42. The van der Waals surface area contributed by atoms with Crippen molar-refractivity contribution >= 4 is 0 Å². The van der Waals surface area contributed by atoms with Crippen molar-refractivity contribution in [3.63, 3.8) is 0 Å². The van der Waals surface area contributed by atoms with Crippen LogP contribution in [-0.2, 0) is 26.9 Å². The Morgan fingerprint density at radius 3 is 2.65 bits per heavy atom. The van der Waals surface area contributed by atoms with Crippen molar-refractivity contribution in [3.05, 3.63) is 59.5 Å². The summed E-state index contributed by atoms with van der Waals surface area (Å²) in [4.78, 5) is 4.93. The van der Waals surface area contributed by atoms with Crippen LogP contribution in [0.2, 0.25) is 0 Å². The molecule has 0 saturated carbocycles. The van der Waals surface area contributed by atoms with Gasteiger partial charge >= 0.3 is 0 Å². The number of benzene rings is 1. The van der Waals surface area contributed by atoms with E-state index in [0.29, 0.717) is 0 Å². The number of pyridine rings is 1. The Balaban J connectivity index is 1.89. The van der Waals surface area contributed by atoms with Crippen molar-refractivity contribution in [1.82, 2.24) is 9.55 Å². The summed E-state index contributed by atoms with van der Waals surface area (Å²) in [5.41, 5.74) is 7.74. The zero-order valence-corrected chi connectivity index (χ0v) is 14.0. The molecule has 4 rings (SSSR count). The van der Waals surface area contributed by atoms with E-state index in [-0.39, 0.29) is 0 Å². The lowest BCUT2D eigenvalue weighted by atomic mass is 9.99. The van der Waals surface area contributed by atoms with Gasteiger partial charge in [0.15, 0.2) is 6.20 Å². The highest BCUT2D eigenvalue weighted by Crippen LogP contribution is 2.32. The highest BCUT2D eigenvalue weighted by atomic mass is 15.1. The summed E-state index contributed by atoms with van der Waals surface area (Å²) in [6, 6.07) is 12.9. The molecule has 0 fully saturated rings. The lowest BCUT2D eigenvalue weighted by molar-refractivity contribution is -0.660. The molecular weight excluding hydrogens is 282 g/mol. The Morgan fingerprint density at radius 1 is 1.04 bits per heavy atom. The van der Waals surface area contributed by atoms with Gasteiger partial charge in [0.1, 0.15) is 12.9 Å². The highest BCUT2D eigenvalue weighted by Gasteiger charge is 2.22. The molecule has 0 spiro atoms. The van der Waals surface area contributed by atoms with Gasteiger partial charge in [0.25, 0.3) is 0 Å². The van der Waals surface area contributed by atoms with E-state index in [0.717, 1.165) is 18.7 Å². The van der Waals surface area contributed by atoms with Crippen molar-refractivity contribution in [3.8, 4) is 22.6 Å². The summed E-state index contributed by atoms with van der Waals surface area (Å²) in [5, 5.41) is 0. The van der Waals surface area contributed by atoms with Crippen LogP contribution < -0.4 is 4.57 Å². The Hall–Kier alpha value is -2.42. The first-order valence-electron chi connectivity index (χ1n) is 8.26. The lowest BCUT2D eigenvalue weighted by Crippen LogP contribution is -2.30. The van der Waals surface area contributed by atoms with Crippen LogP contribution in [0.5, 0.6) is 0 Å². The number of imidazole rings is 1. The maximum atomic E-state index is 4.93. The number of hydrogen-bond acceptors (Lipinski definition) is 1. The van der Waals surface area contributed by atoms with Gasteiger partial charge in [-0.15, -0.1) is 0 Å². The summed E-state index contributed by atoms with van der Waals surface area (Å²) in [6.45, 7) is 2.21. The van der Waals surface area contributed by atoms with E-state index in [1.807, 2.05) is 0 Å². The summed E-state index contributed by atoms with van der Waals surface area (Å²) in [5.74, 6) is 1.10. The van der Waals surface area contributed by atoms with Crippen LogP contribution in [0.15, 0.2) is 42.6 Å². The molecule has 0 amide bonds. The van der Waals surface area contributed by atoms with Crippen molar-refractivity contribution < 1.29 is 4.57 Å². The van der Waals surface area contributed by atoms with E-state index in [1.165, 1.54) is 40.2 Å². The fourth-order valence-electron chi connectivity index (χ4n) is 3.72. The molecule has 0 aliphatic heterocycles. The van der Waals surface area contributed by atoms with E-state index in [4.69, 9.17) is 4.98 Å². The number of rotatable bonds is 2. The van der Waals surface area contributed by atoms with Gasteiger partial charge in [-0.3, -0.25) is 0 Å². The number of hydrogen-bond donors (Lipinski definition) is 0. The summed E-state index contributed by atoms with van der Waals surface area (Å²) in [6.07, 6.45) is 5.61. The second-order valence-electron chi connectivity index (χ2n) is 6.42. The Labute approximate surface area is 137 Å². The first-order valence-corrected chi connectivity index (χ1v) is 8.26. The van der Waals surface area contributed by atoms with E-state index in [9.17, 15) is 0 Å². The third kappa shape index (κ3) is 2.19. The smallest absolute Gasteiger partial charge is 0.212 e. The molecule has 1 aliphatic carbocycles. The Bertz CT molecular complexity index is 890. The van der Waals surface area contributed by atoms with Crippen molar-refractivity contribution in [2.24, 2.45) is 14.1 Å². The molecule has 0 radical (unpaired) electrons. The molecule has 0 unspecified atom stereocenters. The number of nitrogens with zero attached hydrogens (tertiary/aromatic N) is 3. The molecule has 1 aromatic carbocycles. The summed E-state index contributed by atoms with van der Waals surface area (Å²) in [7, 11) is 4.25. The Morgan fingerprint density at radius 2 is 1.87 bits per heavy atom. The first-order chi connectivity index (χ1) is 11.2. The molecular formula is C20H22N3+. The number of fused-ring (bicyclic) bond motifs is 1. The molecule has 116 valence electrons. The molecule has 3 nitrogen and oxygen atoms in total. The number of aromatic nitrogens is 3. The van der Waals surface area contributed by atoms with Gasteiger partial charge in [0.05, 0.1) is 5.69 Å². The van der Waals surface area contributed by atoms with E-state index >= 15 is 0 Å². The zero-order valence-electron chi connectivity index (χ0n) is 14.0. The average Bonchev–Trinajstić information content (AvgIpc) is 3.12. The average molecular weight is 304 g/mol. The third-order valence-electron chi connectivity index (χ3n) is 5.03. The van der Waals surface area contributed by atoms with Crippen LogP contribution in [-0.4, -0.2) is 9.55 Å².